The molecule has 1 saturated heterocycles. The molecule has 1 aliphatic carbocycles. The lowest BCUT2D eigenvalue weighted by Gasteiger charge is -2.28. The number of alkyl halides is 3. The third kappa shape index (κ3) is 6.18. The molecule has 1 aromatic rings. The number of aliphatic carboxylic acids is 1. The van der Waals surface area contributed by atoms with E-state index in [2.05, 4.69) is 20.6 Å². The number of carbonyl (C=O) groups is 1. The van der Waals surface area contributed by atoms with Crippen LogP contribution in [0.25, 0.3) is 0 Å². The van der Waals surface area contributed by atoms with Crippen molar-refractivity contribution in [3.8, 4) is 0 Å². The lowest BCUT2D eigenvalue weighted by atomic mass is 10.1. The molecule has 0 radical (unpaired) electrons. The number of carboxylic acid groups (broad SMARTS) is 1. The second kappa shape index (κ2) is 9.23. The normalized spacial score (nSPS) is 25.5. The van der Waals surface area contributed by atoms with Gasteiger partial charge >= 0.3 is 12.1 Å². The molecule has 28 heavy (non-hydrogen) atoms. The molecule has 3 aliphatic rings. The fraction of sp³-hybridized carbons (Fsp3) is 0.778. The molecule has 1 saturated carbocycles. The Labute approximate surface area is 161 Å². The molecule has 0 bridgehead atoms. The van der Waals surface area contributed by atoms with E-state index in [1.54, 1.807) is 0 Å². The quantitative estimate of drug-likeness (QED) is 0.809. The SMILES string of the molecule is O=C(O)C(F)(F)F.c1cn2c(n1)CN(C1CCOC1)CC(COCC1CC1)C2. The van der Waals surface area contributed by atoms with Crippen molar-refractivity contribution in [3.05, 3.63) is 18.2 Å². The van der Waals surface area contributed by atoms with Crippen molar-refractivity contribution in [1.29, 1.82) is 0 Å². The van der Waals surface area contributed by atoms with Crippen LogP contribution in [0.3, 0.4) is 0 Å². The Morgan fingerprint density at radius 1 is 1.25 bits per heavy atom. The molecule has 0 amide bonds. The Bertz CT molecular complexity index is 642. The first-order valence-corrected chi connectivity index (χ1v) is 9.52. The second-order valence-electron chi connectivity index (χ2n) is 7.59. The van der Waals surface area contributed by atoms with Gasteiger partial charge in [0.2, 0.25) is 0 Å². The summed E-state index contributed by atoms with van der Waals surface area (Å²) in [6.45, 7) is 6.68. The molecule has 2 atom stereocenters. The van der Waals surface area contributed by atoms with Gasteiger partial charge in [-0.2, -0.15) is 13.2 Å². The smallest absolute Gasteiger partial charge is 0.475 e. The Morgan fingerprint density at radius 3 is 2.57 bits per heavy atom. The highest BCUT2D eigenvalue weighted by atomic mass is 19.4. The average molecular weight is 405 g/mol. The van der Waals surface area contributed by atoms with Gasteiger partial charge in [0, 0.05) is 50.7 Å². The van der Waals surface area contributed by atoms with E-state index in [0.717, 1.165) is 58.4 Å². The van der Waals surface area contributed by atoms with E-state index < -0.39 is 12.1 Å². The van der Waals surface area contributed by atoms with E-state index in [4.69, 9.17) is 19.4 Å². The van der Waals surface area contributed by atoms with Gasteiger partial charge in [0.25, 0.3) is 0 Å². The molecule has 4 rings (SSSR count). The summed E-state index contributed by atoms with van der Waals surface area (Å²) in [6.07, 6.45) is 2.82. The molecule has 1 N–H and O–H groups in total. The highest BCUT2D eigenvalue weighted by Crippen LogP contribution is 2.29. The average Bonchev–Trinajstić information content (AvgIpc) is 3.14. The zero-order valence-electron chi connectivity index (χ0n) is 15.6. The van der Waals surface area contributed by atoms with Crippen molar-refractivity contribution in [2.24, 2.45) is 11.8 Å². The summed E-state index contributed by atoms with van der Waals surface area (Å²) in [5, 5.41) is 7.12. The van der Waals surface area contributed by atoms with Crippen LogP contribution < -0.4 is 0 Å². The summed E-state index contributed by atoms with van der Waals surface area (Å²) in [6, 6.07) is 0.555. The summed E-state index contributed by atoms with van der Waals surface area (Å²) in [4.78, 5) is 16.0. The summed E-state index contributed by atoms with van der Waals surface area (Å²) in [5.41, 5.74) is 0. The van der Waals surface area contributed by atoms with E-state index in [1.165, 1.54) is 18.7 Å². The number of carboxylic acids is 1. The van der Waals surface area contributed by atoms with Crippen LogP contribution in [-0.4, -0.2) is 70.7 Å². The minimum absolute atomic E-state index is 0.555. The minimum Gasteiger partial charge on any atom is -0.475 e. The number of nitrogens with zero attached hydrogens (tertiary/aromatic N) is 3. The number of hydrogen-bond acceptors (Lipinski definition) is 5. The molecule has 158 valence electrons. The number of aromatic nitrogens is 2. The maximum Gasteiger partial charge on any atom is 0.490 e. The minimum atomic E-state index is -5.08. The van der Waals surface area contributed by atoms with Crippen molar-refractivity contribution in [1.82, 2.24) is 14.5 Å². The van der Waals surface area contributed by atoms with Crippen LogP contribution >= 0.6 is 0 Å². The van der Waals surface area contributed by atoms with Crippen LogP contribution in [0.15, 0.2) is 12.4 Å². The van der Waals surface area contributed by atoms with E-state index in [1.807, 2.05) is 6.20 Å². The molecule has 7 nitrogen and oxygen atoms in total. The zero-order chi connectivity index (χ0) is 20.1. The lowest BCUT2D eigenvalue weighted by molar-refractivity contribution is -0.192. The predicted molar refractivity (Wildman–Crippen MR) is 92.6 cm³/mol. The molecular weight excluding hydrogens is 379 g/mol. The molecule has 0 aromatic carbocycles. The van der Waals surface area contributed by atoms with E-state index >= 15 is 0 Å². The van der Waals surface area contributed by atoms with Gasteiger partial charge in [-0.1, -0.05) is 0 Å². The summed E-state index contributed by atoms with van der Waals surface area (Å²) in [7, 11) is 0. The van der Waals surface area contributed by atoms with Crippen LogP contribution in [-0.2, 0) is 27.4 Å². The van der Waals surface area contributed by atoms with E-state index in [9.17, 15) is 13.2 Å². The van der Waals surface area contributed by atoms with Gasteiger partial charge in [-0.25, -0.2) is 9.78 Å². The molecule has 0 spiro atoms. The number of rotatable bonds is 5. The van der Waals surface area contributed by atoms with Crippen LogP contribution in [0.2, 0.25) is 0 Å². The molecule has 2 aliphatic heterocycles. The highest BCUT2D eigenvalue weighted by Gasteiger charge is 2.38. The fourth-order valence-corrected chi connectivity index (χ4v) is 3.45. The maximum atomic E-state index is 10.6. The number of halogens is 3. The summed E-state index contributed by atoms with van der Waals surface area (Å²) < 4.78 is 45.6. The highest BCUT2D eigenvalue weighted by molar-refractivity contribution is 5.73. The van der Waals surface area contributed by atoms with Gasteiger partial charge in [-0.15, -0.1) is 0 Å². The summed E-state index contributed by atoms with van der Waals surface area (Å²) >= 11 is 0. The van der Waals surface area contributed by atoms with Crippen molar-refractivity contribution in [2.75, 3.05) is 33.0 Å². The topological polar surface area (TPSA) is 76.8 Å². The van der Waals surface area contributed by atoms with Crippen LogP contribution in [0.4, 0.5) is 13.2 Å². The van der Waals surface area contributed by atoms with Gasteiger partial charge in [0.05, 0.1) is 19.8 Å². The Hall–Kier alpha value is -1.65. The monoisotopic (exact) mass is 405 g/mol. The summed E-state index contributed by atoms with van der Waals surface area (Å²) in [5.74, 6) is -0.169. The van der Waals surface area contributed by atoms with Crippen molar-refractivity contribution in [3.63, 3.8) is 0 Å². The number of imidazole rings is 1. The van der Waals surface area contributed by atoms with Crippen molar-refractivity contribution in [2.45, 2.75) is 44.6 Å². The molecule has 2 unspecified atom stereocenters. The molecular formula is C18H26F3N3O4. The number of ether oxygens (including phenoxy) is 2. The van der Waals surface area contributed by atoms with Crippen LogP contribution in [0.5, 0.6) is 0 Å². The molecule has 10 heteroatoms. The lowest BCUT2D eigenvalue weighted by Crippen LogP contribution is -2.39. The maximum absolute atomic E-state index is 10.6. The van der Waals surface area contributed by atoms with Crippen molar-refractivity contribution < 1.29 is 32.5 Å². The Balaban J connectivity index is 0.000000279. The van der Waals surface area contributed by atoms with Crippen molar-refractivity contribution >= 4 is 5.97 Å². The van der Waals surface area contributed by atoms with E-state index in [0.29, 0.717) is 12.0 Å². The number of hydrogen-bond donors (Lipinski definition) is 1. The first-order chi connectivity index (χ1) is 13.3. The van der Waals surface area contributed by atoms with E-state index in [-0.39, 0.29) is 0 Å². The Kier molecular flexibility index (Phi) is 6.95. The number of fused-ring (bicyclic) bond motifs is 1. The molecule has 1 aromatic heterocycles. The second-order valence-corrected chi connectivity index (χ2v) is 7.59. The first kappa shape index (κ1) is 21.1. The third-order valence-corrected chi connectivity index (χ3v) is 5.16. The Morgan fingerprint density at radius 2 is 1.96 bits per heavy atom. The van der Waals surface area contributed by atoms with Crippen LogP contribution in [0, 0.1) is 11.8 Å². The first-order valence-electron chi connectivity index (χ1n) is 9.52. The van der Waals surface area contributed by atoms with Gasteiger partial charge < -0.3 is 19.1 Å². The fourth-order valence-electron chi connectivity index (χ4n) is 3.45. The largest absolute Gasteiger partial charge is 0.490 e. The van der Waals surface area contributed by atoms with Gasteiger partial charge in [-0.05, 0) is 25.2 Å². The zero-order valence-corrected chi connectivity index (χ0v) is 15.6. The standard InChI is InChI=1S/C16H25N3O2.C2HF3O2/c1-2-13(1)10-21-11-14-7-18-5-4-17-16(18)9-19(8-14)15-3-6-20-12-15;3-2(4,5)1(6)7/h4-5,13-15H,1-3,6-12H2;(H,6,7). The van der Waals surface area contributed by atoms with Gasteiger partial charge in [0.15, 0.2) is 0 Å². The third-order valence-electron chi connectivity index (χ3n) is 5.16. The predicted octanol–water partition coefficient (Wildman–Crippen LogP) is 2.16. The van der Waals surface area contributed by atoms with Crippen LogP contribution in [0.1, 0.15) is 25.1 Å². The molecule has 3 heterocycles. The van der Waals surface area contributed by atoms with Gasteiger partial charge in [-0.3, -0.25) is 4.90 Å². The molecule has 2 fully saturated rings. The van der Waals surface area contributed by atoms with Gasteiger partial charge in [0.1, 0.15) is 5.82 Å².